The van der Waals surface area contributed by atoms with Crippen molar-refractivity contribution in [2.75, 3.05) is 7.11 Å². The fourth-order valence-corrected chi connectivity index (χ4v) is 1.99. The van der Waals surface area contributed by atoms with Crippen LogP contribution in [0.15, 0.2) is 0 Å². The molecule has 0 aliphatic heterocycles. The van der Waals surface area contributed by atoms with Crippen molar-refractivity contribution >= 4 is 5.97 Å². The molecule has 0 bridgehead atoms. The van der Waals surface area contributed by atoms with E-state index < -0.39 is 0 Å². The van der Waals surface area contributed by atoms with Gasteiger partial charge in [0.25, 0.3) is 0 Å². The van der Waals surface area contributed by atoms with E-state index in [1.54, 1.807) is 0 Å². The SMILES string of the molecule is CCC(CC)(CC(=O)OC)C(C)(C)N. The van der Waals surface area contributed by atoms with Gasteiger partial charge in [0.2, 0.25) is 0 Å². The van der Waals surface area contributed by atoms with E-state index in [1.165, 1.54) is 7.11 Å². The minimum absolute atomic E-state index is 0.153. The van der Waals surface area contributed by atoms with Crippen LogP contribution in [0.5, 0.6) is 0 Å². The average molecular weight is 201 g/mol. The van der Waals surface area contributed by atoms with Crippen LogP contribution < -0.4 is 5.73 Å². The van der Waals surface area contributed by atoms with Gasteiger partial charge in [-0.1, -0.05) is 13.8 Å². The zero-order valence-corrected chi connectivity index (χ0v) is 10.0. The molecule has 3 nitrogen and oxygen atoms in total. The fraction of sp³-hybridized carbons (Fsp3) is 0.909. The summed E-state index contributed by atoms with van der Waals surface area (Å²) in [7, 11) is 1.42. The summed E-state index contributed by atoms with van der Waals surface area (Å²) in [5.74, 6) is -0.174. The normalized spacial score (nSPS) is 12.7. The summed E-state index contributed by atoms with van der Waals surface area (Å²) in [5, 5.41) is 0. The molecule has 3 heteroatoms. The molecule has 0 aromatic heterocycles. The molecule has 2 N–H and O–H groups in total. The molecule has 0 rings (SSSR count). The molecule has 0 spiro atoms. The smallest absolute Gasteiger partial charge is 0.306 e. The Morgan fingerprint density at radius 3 is 1.93 bits per heavy atom. The van der Waals surface area contributed by atoms with E-state index in [-0.39, 0.29) is 16.9 Å². The van der Waals surface area contributed by atoms with Crippen molar-refractivity contribution < 1.29 is 9.53 Å². The predicted octanol–water partition coefficient (Wildman–Crippen LogP) is 2.09. The highest BCUT2D eigenvalue weighted by molar-refractivity contribution is 5.70. The number of hydrogen-bond donors (Lipinski definition) is 1. The van der Waals surface area contributed by atoms with Crippen LogP contribution in [-0.4, -0.2) is 18.6 Å². The first-order valence-electron chi connectivity index (χ1n) is 5.18. The summed E-state index contributed by atoms with van der Waals surface area (Å²) in [5.41, 5.74) is 5.62. The first-order chi connectivity index (χ1) is 6.33. The van der Waals surface area contributed by atoms with Crippen LogP contribution in [0.3, 0.4) is 0 Å². The molecule has 0 aliphatic carbocycles. The third-order valence-corrected chi connectivity index (χ3v) is 3.43. The number of nitrogens with two attached hydrogens (primary N) is 1. The molecule has 84 valence electrons. The second-order valence-corrected chi connectivity index (χ2v) is 4.46. The van der Waals surface area contributed by atoms with Crippen molar-refractivity contribution in [3.63, 3.8) is 0 Å². The molecule has 14 heavy (non-hydrogen) atoms. The molecular formula is C11H23NO2. The molecule has 0 radical (unpaired) electrons. The van der Waals surface area contributed by atoms with Crippen LogP contribution in [0, 0.1) is 5.41 Å². The maximum Gasteiger partial charge on any atom is 0.306 e. The number of hydrogen-bond acceptors (Lipinski definition) is 3. The number of carbonyl (C=O) groups is 1. The summed E-state index contributed by atoms with van der Waals surface area (Å²) >= 11 is 0. The van der Waals surface area contributed by atoms with Gasteiger partial charge < -0.3 is 10.5 Å². The van der Waals surface area contributed by atoms with Gasteiger partial charge in [0.15, 0.2) is 0 Å². The molecule has 0 saturated heterocycles. The number of methoxy groups -OCH3 is 1. The van der Waals surface area contributed by atoms with Crippen molar-refractivity contribution in [3.05, 3.63) is 0 Å². The molecular weight excluding hydrogens is 178 g/mol. The standard InChI is InChI=1S/C11H23NO2/c1-6-11(7-2,10(3,4)12)8-9(13)14-5/h6-8,12H2,1-5H3. The first kappa shape index (κ1) is 13.4. The maximum atomic E-state index is 11.3. The molecule has 0 aliphatic rings. The molecule has 0 saturated carbocycles. The van der Waals surface area contributed by atoms with E-state index in [9.17, 15) is 4.79 Å². The van der Waals surface area contributed by atoms with Crippen molar-refractivity contribution in [2.24, 2.45) is 11.1 Å². The topological polar surface area (TPSA) is 52.3 Å². The van der Waals surface area contributed by atoms with Gasteiger partial charge in [-0.25, -0.2) is 0 Å². The molecule has 0 amide bonds. The largest absolute Gasteiger partial charge is 0.469 e. The number of carbonyl (C=O) groups excluding carboxylic acids is 1. The van der Waals surface area contributed by atoms with Crippen LogP contribution in [0.25, 0.3) is 0 Å². The minimum atomic E-state index is -0.356. The van der Waals surface area contributed by atoms with Gasteiger partial charge in [0.05, 0.1) is 13.5 Å². The number of rotatable bonds is 5. The lowest BCUT2D eigenvalue weighted by molar-refractivity contribution is -0.144. The molecule has 0 aromatic rings. The lowest BCUT2D eigenvalue weighted by atomic mass is 9.66. The van der Waals surface area contributed by atoms with Gasteiger partial charge in [0, 0.05) is 5.54 Å². The van der Waals surface area contributed by atoms with Crippen molar-refractivity contribution in [2.45, 2.75) is 52.5 Å². The first-order valence-corrected chi connectivity index (χ1v) is 5.18. The summed E-state index contributed by atoms with van der Waals surface area (Å²) in [6.45, 7) is 8.09. The second kappa shape index (κ2) is 4.78. The Kier molecular flexibility index (Phi) is 4.59. The Morgan fingerprint density at radius 2 is 1.71 bits per heavy atom. The Hall–Kier alpha value is -0.570. The summed E-state index contributed by atoms with van der Waals surface area (Å²) in [6.07, 6.45) is 2.18. The van der Waals surface area contributed by atoms with Gasteiger partial charge in [0.1, 0.15) is 0 Å². The van der Waals surface area contributed by atoms with E-state index >= 15 is 0 Å². The fourth-order valence-electron chi connectivity index (χ4n) is 1.99. The molecule has 0 aromatic carbocycles. The Balaban J connectivity index is 4.80. The zero-order chi connectivity index (χ0) is 11.4. The van der Waals surface area contributed by atoms with Gasteiger partial charge in [-0.2, -0.15) is 0 Å². The molecule has 0 atom stereocenters. The second-order valence-electron chi connectivity index (χ2n) is 4.46. The van der Waals surface area contributed by atoms with E-state index in [0.29, 0.717) is 6.42 Å². The summed E-state index contributed by atoms with van der Waals surface area (Å²) in [6, 6.07) is 0. The third-order valence-electron chi connectivity index (χ3n) is 3.43. The van der Waals surface area contributed by atoms with Crippen LogP contribution in [0.2, 0.25) is 0 Å². The minimum Gasteiger partial charge on any atom is -0.469 e. The Labute approximate surface area is 87.0 Å². The average Bonchev–Trinajstić information content (AvgIpc) is 2.11. The highest BCUT2D eigenvalue weighted by atomic mass is 16.5. The Bertz CT molecular complexity index is 190. The van der Waals surface area contributed by atoms with Crippen molar-refractivity contribution in [1.29, 1.82) is 0 Å². The molecule has 0 fully saturated rings. The Morgan fingerprint density at radius 1 is 1.29 bits per heavy atom. The molecule has 0 heterocycles. The predicted molar refractivity (Wildman–Crippen MR) is 57.9 cm³/mol. The summed E-state index contributed by atoms with van der Waals surface area (Å²) < 4.78 is 4.71. The van der Waals surface area contributed by atoms with E-state index in [1.807, 2.05) is 13.8 Å². The van der Waals surface area contributed by atoms with Gasteiger partial charge in [-0.15, -0.1) is 0 Å². The highest BCUT2D eigenvalue weighted by Gasteiger charge is 2.41. The van der Waals surface area contributed by atoms with Crippen LogP contribution >= 0.6 is 0 Å². The lowest BCUT2D eigenvalue weighted by Gasteiger charge is -2.43. The van der Waals surface area contributed by atoms with Crippen LogP contribution in [0.4, 0.5) is 0 Å². The number of esters is 1. The molecule has 0 unspecified atom stereocenters. The quantitative estimate of drug-likeness (QED) is 0.693. The van der Waals surface area contributed by atoms with E-state index in [4.69, 9.17) is 10.5 Å². The lowest BCUT2D eigenvalue weighted by Crippen LogP contribution is -2.51. The number of ether oxygens (including phenoxy) is 1. The van der Waals surface area contributed by atoms with Gasteiger partial charge >= 0.3 is 5.97 Å². The van der Waals surface area contributed by atoms with Crippen molar-refractivity contribution in [3.8, 4) is 0 Å². The van der Waals surface area contributed by atoms with E-state index in [2.05, 4.69) is 13.8 Å². The van der Waals surface area contributed by atoms with E-state index in [0.717, 1.165) is 12.8 Å². The van der Waals surface area contributed by atoms with Gasteiger partial charge in [-0.05, 0) is 32.1 Å². The van der Waals surface area contributed by atoms with Gasteiger partial charge in [-0.3, -0.25) is 4.79 Å². The monoisotopic (exact) mass is 201 g/mol. The third kappa shape index (κ3) is 2.71. The van der Waals surface area contributed by atoms with Crippen molar-refractivity contribution in [1.82, 2.24) is 0 Å². The summed E-state index contributed by atoms with van der Waals surface area (Å²) in [4.78, 5) is 11.3. The van der Waals surface area contributed by atoms with Crippen LogP contribution in [0.1, 0.15) is 47.0 Å². The highest BCUT2D eigenvalue weighted by Crippen LogP contribution is 2.40. The maximum absolute atomic E-state index is 11.3. The zero-order valence-electron chi connectivity index (χ0n) is 10.0. The van der Waals surface area contributed by atoms with Crippen LogP contribution in [-0.2, 0) is 9.53 Å².